The minimum absolute atomic E-state index is 0.300. The third-order valence-electron chi connectivity index (χ3n) is 2.22. The van der Waals surface area contributed by atoms with Crippen LogP contribution in [0.15, 0.2) is 24.3 Å². The predicted octanol–water partition coefficient (Wildman–Crippen LogP) is 3.15. The number of carbonyl (C=O) groups excluding carboxylic acids is 1. The normalized spacial score (nSPS) is 11.7. The lowest BCUT2D eigenvalue weighted by molar-refractivity contribution is -0.136. The molecule has 1 aromatic carbocycles. The SMILES string of the molecule is CC(C)(C)NC(=O)NC(=N)Nc1ccccc1C(F)(F)F. The molecule has 0 bridgehead atoms. The van der Waals surface area contributed by atoms with Crippen molar-refractivity contribution in [2.24, 2.45) is 0 Å². The molecule has 0 atom stereocenters. The average Bonchev–Trinajstić information content (AvgIpc) is 2.24. The highest BCUT2D eigenvalue weighted by molar-refractivity contribution is 6.02. The molecule has 0 unspecified atom stereocenters. The van der Waals surface area contributed by atoms with Gasteiger partial charge in [0.2, 0.25) is 5.96 Å². The van der Waals surface area contributed by atoms with Crippen molar-refractivity contribution in [1.82, 2.24) is 10.6 Å². The zero-order valence-electron chi connectivity index (χ0n) is 11.9. The second-order valence-corrected chi connectivity index (χ2v) is 5.37. The minimum atomic E-state index is -4.54. The molecule has 1 rings (SSSR count). The number of nitrogens with one attached hydrogen (secondary N) is 4. The highest BCUT2D eigenvalue weighted by Crippen LogP contribution is 2.34. The summed E-state index contributed by atoms with van der Waals surface area (Å²) in [7, 11) is 0. The zero-order valence-corrected chi connectivity index (χ0v) is 11.9. The van der Waals surface area contributed by atoms with Gasteiger partial charge in [0, 0.05) is 5.54 Å². The fourth-order valence-corrected chi connectivity index (χ4v) is 1.49. The fourth-order valence-electron chi connectivity index (χ4n) is 1.49. The van der Waals surface area contributed by atoms with Crippen molar-refractivity contribution in [2.45, 2.75) is 32.5 Å². The van der Waals surface area contributed by atoms with Crippen LogP contribution in [0, 0.1) is 5.41 Å². The Bertz CT molecular complexity index is 535. The molecule has 21 heavy (non-hydrogen) atoms. The number of amides is 2. The highest BCUT2D eigenvalue weighted by Gasteiger charge is 2.33. The van der Waals surface area contributed by atoms with Crippen molar-refractivity contribution in [2.75, 3.05) is 5.32 Å². The van der Waals surface area contributed by atoms with Crippen LogP contribution >= 0.6 is 0 Å². The summed E-state index contributed by atoms with van der Waals surface area (Å²) in [5.74, 6) is -0.548. The van der Waals surface area contributed by atoms with Crippen LogP contribution in [0.25, 0.3) is 0 Å². The second kappa shape index (κ2) is 6.02. The summed E-state index contributed by atoms with van der Waals surface area (Å²) in [6.07, 6.45) is -4.54. The number of rotatable bonds is 1. The van der Waals surface area contributed by atoms with Gasteiger partial charge in [0.05, 0.1) is 11.3 Å². The Morgan fingerprint density at radius 1 is 1.14 bits per heavy atom. The van der Waals surface area contributed by atoms with Gasteiger partial charge in [0.25, 0.3) is 0 Å². The average molecular weight is 302 g/mol. The molecule has 0 aliphatic carbocycles. The lowest BCUT2D eigenvalue weighted by Gasteiger charge is -2.21. The van der Waals surface area contributed by atoms with Gasteiger partial charge < -0.3 is 10.6 Å². The van der Waals surface area contributed by atoms with Crippen LogP contribution in [0.5, 0.6) is 0 Å². The number of halogens is 3. The van der Waals surface area contributed by atoms with Crippen molar-refractivity contribution < 1.29 is 18.0 Å². The van der Waals surface area contributed by atoms with Crippen molar-refractivity contribution in [1.29, 1.82) is 5.41 Å². The minimum Gasteiger partial charge on any atom is -0.333 e. The molecule has 0 aliphatic heterocycles. The van der Waals surface area contributed by atoms with Crippen molar-refractivity contribution in [3.05, 3.63) is 29.8 Å². The van der Waals surface area contributed by atoms with E-state index < -0.39 is 29.3 Å². The van der Waals surface area contributed by atoms with Crippen LogP contribution in [0.3, 0.4) is 0 Å². The number of para-hydroxylation sites is 1. The Labute approximate surface area is 120 Å². The van der Waals surface area contributed by atoms with Gasteiger partial charge in [-0.2, -0.15) is 13.2 Å². The highest BCUT2D eigenvalue weighted by atomic mass is 19.4. The monoisotopic (exact) mass is 302 g/mol. The van der Waals surface area contributed by atoms with E-state index in [-0.39, 0.29) is 5.69 Å². The van der Waals surface area contributed by atoms with E-state index in [1.54, 1.807) is 20.8 Å². The van der Waals surface area contributed by atoms with E-state index in [4.69, 9.17) is 5.41 Å². The topological polar surface area (TPSA) is 77.0 Å². The molecule has 1 aromatic rings. The van der Waals surface area contributed by atoms with Crippen LogP contribution in [0.2, 0.25) is 0 Å². The number of urea groups is 1. The number of hydrogen-bond acceptors (Lipinski definition) is 2. The molecule has 2 amide bonds. The first-order valence-electron chi connectivity index (χ1n) is 6.10. The number of hydrogen-bond donors (Lipinski definition) is 4. The van der Waals surface area contributed by atoms with E-state index in [2.05, 4.69) is 16.0 Å². The molecule has 4 N–H and O–H groups in total. The lowest BCUT2D eigenvalue weighted by Crippen LogP contribution is -2.49. The third kappa shape index (κ3) is 5.72. The van der Waals surface area contributed by atoms with E-state index in [1.807, 2.05) is 0 Å². The Morgan fingerprint density at radius 3 is 2.24 bits per heavy atom. The van der Waals surface area contributed by atoms with Gasteiger partial charge in [-0.1, -0.05) is 12.1 Å². The van der Waals surface area contributed by atoms with Crippen molar-refractivity contribution >= 4 is 17.7 Å². The number of guanidine groups is 1. The molecule has 0 aromatic heterocycles. The number of alkyl halides is 3. The summed E-state index contributed by atoms with van der Waals surface area (Å²) in [6.45, 7) is 5.22. The van der Waals surface area contributed by atoms with E-state index in [9.17, 15) is 18.0 Å². The molecule has 0 saturated carbocycles. The fraction of sp³-hybridized carbons (Fsp3) is 0.385. The maximum Gasteiger partial charge on any atom is 0.418 e. The number of benzene rings is 1. The van der Waals surface area contributed by atoms with E-state index >= 15 is 0 Å². The smallest absolute Gasteiger partial charge is 0.333 e. The van der Waals surface area contributed by atoms with Gasteiger partial charge in [0.15, 0.2) is 0 Å². The first-order chi connectivity index (χ1) is 9.49. The number of carbonyl (C=O) groups is 1. The summed E-state index contributed by atoms with van der Waals surface area (Å²) in [6, 6.07) is 4.05. The van der Waals surface area contributed by atoms with Crippen molar-refractivity contribution in [3.63, 3.8) is 0 Å². The van der Waals surface area contributed by atoms with Crippen molar-refractivity contribution in [3.8, 4) is 0 Å². The molecule has 5 nitrogen and oxygen atoms in total. The van der Waals surface area contributed by atoms with Gasteiger partial charge in [-0.05, 0) is 32.9 Å². The third-order valence-corrected chi connectivity index (χ3v) is 2.22. The summed E-state index contributed by atoms with van der Waals surface area (Å²) in [5.41, 5.74) is -1.73. The largest absolute Gasteiger partial charge is 0.418 e. The molecule has 0 spiro atoms. The van der Waals surface area contributed by atoms with Crippen LogP contribution in [-0.2, 0) is 6.18 Å². The molecule has 116 valence electrons. The van der Waals surface area contributed by atoms with Crippen LogP contribution < -0.4 is 16.0 Å². The molecule has 0 saturated heterocycles. The first kappa shape index (κ1) is 16.8. The standard InChI is InChI=1S/C13H17F3N4O/c1-12(2,3)20-11(21)19-10(17)18-9-7-5-4-6-8(9)13(14,15)16/h4-7H,1-3H3,(H4,17,18,19,20,21). The molecular formula is C13H17F3N4O. The second-order valence-electron chi connectivity index (χ2n) is 5.37. The summed E-state index contributed by atoms with van der Waals surface area (Å²) < 4.78 is 38.3. The molecule has 0 fully saturated rings. The van der Waals surface area contributed by atoms with Gasteiger partial charge in [0.1, 0.15) is 0 Å². The Hall–Kier alpha value is -2.25. The summed E-state index contributed by atoms with van der Waals surface area (Å²) in [4.78, 5) is 11.5. The van der Waals surface area contributed by atoms with Crippen LogP contribution in [0.1, 0.15) is 26.3 Å². The van der Waals surface area contributed by atoms with Gasteiger partial charge >= 0.3 is 12.2 Å². The first-order valence-corrected chi connectivity index (χ1v) is 6.10. The van der Waals surface area contributed by atoms with E-state index in [0.717, 1.165) is 6.07 Å². The maximum absolute atomic E-state index is 12.8. The van der Waals surface area contributed by atoms with E-state index in [1.165, 1.54) is 18.2 Å². The molecule has 0 radical (unpaired) electrons. The summed E-state index contributed by atoms with van der Waals surface area (Å²) in [5, 5.41) is 14.4. The molecule has 8 heteroatoms. The van der Waals surface area contributed by atoms with Crippen LogP contribution in [0.4, 0.5) is 23.7 Å². The quantitative estimate of drug-likeness (QED) is 0.475. The van der Waals surface area contributed by atoms with Crippen LogP contribution in [-0.4, -0.2) is 17.5 Å². The van der Waals surface area contributed by atoms with Gasteiger partial charge in [-0.3, -0.25) is 10.7 Å². The Balaban J connectivity index is 2.75. The lowest BCUT2D eigenvalue weighted by atomic mass is 10.1. The summed E-state index contributed by atoms with van der Waals surface area (Å²) >= 11 is 0. The molecule has 0 heterocycles. The van der Waals surface area contributed by atoms with Gasteiger partial charge in [-0.25, -0.2) is 4.79 Å². The Morgan fingerprint density at radius 2 is 1.71 bits per heavy atom. The maximum atomic E-state index is 12.8. The molecular weight excluding hydrogens is 285 g/mol. The van der Waals surface area contributed by atoms with E-state index in [0.29, 0.717) is 0 Å². The molecule has 0 aliphatic rings. The van der Waals surface area contributed by atoms with Gasteiger partial charge in [-0.15, -0.1) is 0 Å². The Kier molecular flexibility index (Phi) is 4.82. The number of anilines is 1. The predicted molar refractivity (Wildman–Crippen MR) is 74.2 cm³/mol. The zero-order chi connectivity index (χ0) is 16.3.